The van der Waals surface area contributed by atoms with Crippen LogP contribution in [0.3, 0.4) is 0 Å². The maximum Gasteiger partial charge on any atom is 0.246 e. The second-order valence-corrected chi connectivity index (χ2v) is 7.72. The van der Waals surface area contributed by atoms with E-state index in [9.17, 15) is 23.2 Å². The van der Waals surface area contributed by atoms with E-state index in [0.717, 1.165) is 24.1 Å². The highest BCUT2D eigenvalue weighted by molar-refractivity contribution is 7.10. The molecule has 1 aromatic heterocycles. The molecule has 0 aliphatic carbocycles. The van der Waals surface area contributed by atoms with Gasteiger partial charge in [-0.25, -0.2) is 8.78 Å². The molecule has 29 heavy (non-hydrogen) atoms. The number of thiophene rings is 1. The third-order valence-corrected chi connectivity index (χ3v) is 5.84. The van der Waals surface area contributed by atoms with Crippen LogP contribution in [0.2, 0.25) is 0 Å². The molecule has 1 unspecified atom stereocenters. The van der Waals surface area contributed by atoms with Gasteiger partial charge in [0.1, 0.15) is 6.04 Å². The van der Waals surface area contributed by atoms with Gasteiger partial charge in [0.15, 0.2) is 11.6 Å². The van der Waals surface area contributed by atoms with Crippen LogP contribution in [0, 0.1) is 11.6 Å². The van der Waals surface area contributed by atoms with Crippen LogP contribution in [0.25, 0.3) is 0 Å². The maximum absolute atomic E-state index is 13.5. The third-order valence-electron chi connectivity index (χ3n) is 4.82. The number of carbonyl (C=O) groups excluding carboxylic acids is 3. The number of halogens is 2. The van der Waals surface area contributed by atoms with Gasteiger partial charge in [-0.2, -0.15) is 0 Å². The Hall–Kier alpha value is -2.81. The lowest BCUT2D eigenvalue weighted by molar-refractivity contribution is -0.135. The maximum atomic E-state index is 13.5. The molecule has 9 heteroatoms. The summed E-state index contributed by atoms with van der Waals surface area (Å²) in [5.74, 6) is -3.39. The minimum Gasteiger partial charge on any atom is -0.357 e. The van der Waals surface area contributed by atoms with Crippen molar-refractivity contribution in [1.29, 1.82) is 0 Å². The predicted octanol–water partition coefficient (Wildman–Crippen LogP) is 2.29. The first-order chi connectivity index (χ1) is 13.9. The van der Waals surface area contributed by atoms with Crippen LogP contribution in [-0.4, -0.2) is 36.2 Å². The Morgan fingerprint density at radius 3 is 2.69 bits per heavy atom. The molecule has 3 amide bonds. The molecule has 1 aliphatic rings. The highest BCUT2D eigenvalue weighted by Crippen LogP contribution is 2.24. The number of fused-ring (bicyclic) bond motifs is 1. The zero-order valence-corrected chi connectivity index (χ0v) is 16.7. The first-order valence-corrected chi connectivity index (χ1v) is 10.1. The number of amides is 3. The smallest absolute Gasteiger partial charge is 0.246 e. The fourth-order valence-corrected chi connectivity index (χ4v) is 4.10. The highest BCUT2D eigenvalue weighted by atomic mass is 32.1. The second-order valence-electron chi connectivity index (χ2n) is 6.72. The Balaban J connectivity index is 1.58. The van der Waals surface area contributed by atoms with Crippen LogP contribution < -0.4 is 10.6 Å². The number of hydrogen-bond acceptors (Lipinski definition) is 4. The van der Waals surface area contributed by atoms with Crippen molar-refractivity contribution in [1.82, 2.24) is 15.5 Å². The van der Waals surface area contributed by atoms with E-state index in [4.69, 9.17) is 0 Å². The van der Waals surface area contributed by atoms with E-state index >= 15 is 0 Å². The first kappa shape index (κ1) is 20.9. The van der Waals surface area contributed by atoms with Gasteiger partial charge in [0.25, 0.3) is 0 Å². The molecule has 2 N–H and O–H groups in total. The normalized spacial score (nSPS) is 14.1. The lowest BCUT2D eigenvalue weighted by Gasteiger charge is -2.27. The Labute approximate surface area is 170 Å². The molecule has 1 aliphatic heterocycles. The summed E-state index contributed by atoms with van der Waals surface area (Å²) in [6.45, 7) is 1.15. The summed E-state index contributed by atoms with van der Waals surface area (Å²) in [4.78, 5) is 39.9. The van der Waals surface area contributed by atoms with E-state index in [1.54, 1.807) is 16.2 Å². The van der Waals surface area contributed by atoms with Crippen molar-refractivity contribution in [2.75, 3.05) is 13.6 Å². The van der Waals surface area contributed by atoms with E-state index in [2.05, 4.69) is 10.6 Å². The van der Waals surface area contributed by atoms with Crippen LogP contribution in [0.1, 0.15) is 34.9 Å². The quantitative estimate of drug-likeness (QED) is 0.751. The molecule has 0 fully saturated rings. The Bertz CT molecular complexity index is 931. The molecule has 0 saturated heterocycles. The molecular weight excluding hydrogens is 400 g/mol. The molecule has 3 rings (SSSR count). The number of likely N-dealkylation sites (N-methyl/N-ethyl adjacent to an activating group) is 1. The van der Waals surface area contributed by atoms with Gasteiger partial charge in [0.05, 0.1) is 0 Å². The Morgan fingerprint density at radius 2 is 1.97 bits per heavy atom. The fraction of sp³-hybridized carbons (Fsp3) is 0.350. The molecule has 154 valence electrons. The molecule has 0 radical (unpaired) electrons. The molecule has 0 saturated carbocycles. The van der Waals surface area contributed by atoms with Crippen LogP contribution in [-0.2, 0) is 27.3 Å². The van der Waals surface area contributed by atoms with Crippen LogP contribution in [0.5, 0.6) is 0 Å². The van der Waals surface area contributed by atoms with E-state index in [0.29, 0.717) is 13.1 Å². The standard InChI is InChI=1S/C20H21F2N3O3S/c1-23-20(28)19(12-2-3-14(21)15(22)10-12)24-17(26)4-5-18(27)25-8-6-16-13(11-25)7-9-29-16/h2-3,7,9-10,19H,4-6,8,11H2,1H3,(H,23,28)(H,24,26). The van der Waals surface area contributed by atoms with Crippen molar-refractivity contribution in [3.63, 3.8) is 0 Å². The van der Waals surface area contributed by atoms with Gasteiger partial charge in [0.2, 0.25) is 17.7 Å². The fourth-order valence-electron chi connectivity index (χ4n) is 3.21. The van der Waals surface area contributed by atoms with E-state index in [1.165, 1.54) is 18.0 Å². The number of rotatable bonds is 6. The molecule has 6 nitrogen and oxygen atoms in total. The molecule has 1 atom stereocenters. The van der Waals surface area contributed by atoms with Gasteiger partial charge in [0, 0.05) is 37.9 Å². The SMILES string of the molecule is CNC(=O)C(NC(=O)CCC(=O)N1CCc2sccc2C1)c1ccc(F)c(F)c1. The van der Waals surface area contributed by atoms with Crippen molar-refractivity contribution in [2.45, 2.75) is 31.8 Å². The number of benzene rings is 1. The molecular formula is C20H21F2N3O3S. The zero-order valence-electron chi connectivity index (χ0n) is 15.8. The molecule has 2 heterocycles. The third kappa shape index (κ3) is 4.97. The lowest BCUT2D eigenvalue weighted by atomic mass is 10.1. The number of carbonyl (C=O) groups is 3. The Kier molecular flexibility index (Phi) is 6.58. The summed E-state index contributed by atoms with van der Waals surface area (Å²) in [7, 11) is 1.37. The van der Waals surface area contributed by atoms with Crippen molar-refractivity contribution in [2.24, 2.45) is 0 Å². The average molecular weight is 421 g/mol. The summed E-state index contributed by atoms with van der Waals surface area (Å²) >= 11 is 1.68. The minimum absolute atomic E-state index is 0.00352. The summed E-state index contributed by atoms with van der Waals surface area (Å²) in [5.41, 5.74) is 1.25. The molecule has 2 aromatic rings. The summed E-state index contributed by atoms with van der Waals surface area (Å²) in [6, 6.07) is 3.82. The van der Waals surface area contributed by atoms with E-state index in [1.807, 2.05) is 11.4 Å². The summed E-state index contributed by atoms with van der Waals surface area (Å²) in [5, 5.41) is 6.88. The average Bonchev–Trinajstić information content (AvgIpc) is 3.19. The highest BCUT2D eigenvalue weighted by Gasteiger charge is 2.25. The Morgan fingerprint density at radius 1 is 1.17 bits per heavy atom. The molecule has 0 bridgehead atoms. The van der Waals surface area contributed by atoms with Gasteiger partial charge >= 0.3 is 0 Å². The second kappa shape index (κ2) is 9.13. The van der Waals surface area contributed by atoms with Crippen molar-refractivity contribution >= 4 is 29.1 Å². The van der Waals surface area contributed by atoms with Gasteiger partial charge < -0.3 is 15.5 Å². The van der Waals surface area contributed by atoms with Gasteiger partial charge in [-0.05, 0) is 41.1 Å². The first-order valence-electron chi connectivity index (χ1n) is 9.18. The van der Waals surface area contributed by atoms with E-state index in [-0.39, 0.29) is 24.3 Å². The van der Waals surface area contributed by atoms with Crippen molar-refractivity contribution in [3.05, 3.63) is 57.3 Å². The van der Waals surface area contributed by atoms with E-state index < -0.39 is 29.5 Å². The number of hydrogen-bond donors (Lipinski definition) is 2. The van der Waals surface area contributed by atoms with Gasteiger partial charge in [-0.1, -0.05) is 6.07 Å². The number of nitrogens with zero attached hydrogens (tertiary/aromatic N) is 1. The largest absolute Gasteiger partial charge is 0.357 e. The van der Waals surface area contributed by atoms with Gasteiger partial charge in [-0.3, -0.25) is 14.4 Å². The minimum atomic E-state index is -1.18. The lowest BCUT2D eigenvalue weighted by Crippen LogP contribution is -2.40. The van der Waals surface area contributed by atoms with Crippen LogP contribution >= 0.6 is 11.3 Å². The van der Waals surface area contributed by atoms with Crippen LogP contribution in [0.15, 0.2) is 29.6 Å². The molecule has 1 aromatic carbocycles. The monoisotopic (exact) mass is 421 g/mol. The topological polar surface area (TPSA) is 78.5 Å². The number of nitrogens with one attached hydrogen (secondary N) is 2. The molecule has 0 spiro atoms. The predicted molar refractivity (Wildman–Crippen MR) is 104 cm³/mol. The van der Waals surface area contributed by atoms with Crippen molar-refractivity contribution in [3.8, 4) is 0 Å². The van der Waals surface area contributed by atoms with Gasteiger partial charge in [-0.15, -0.1) is 11.3 Å². The van der Waals surface area contributed by atoms with Crippen molar-refractivity contribution < 1.29 is 23.2 Å². The van der Waals surface area contributed by atoms with Crippen LogP contribution in [0.4, 0.5) is 8.78 Å². The zero-order chi connectivity index (χ0) is 21.0. The summed E-state index contributed by atoms with van der Waals surface area (Å²) < 4.78 is 26.7. The summed E-state index contributed by atoms with van der Waals surface area (Å²) in [6.07, 6.45) is 0.701.